The minimum Gasteiger partial charge on any atom is -0.740 e. The van der Waals surface area contributed by atoms with Gasteiger partial charge in [0.05, 0.1) is 0 Å². The van der Waals surface area contributed by atoms with Crippen LogP contribution in [-0.2, 0) is 11.4 Å². The number of benzene rings is 1. The molecule has 1 aromatic carbocycles. The summed E-state index contributed by atoms with van der Waals surface area (Å²) in [6.07, 6.45) is 0. The van der Waals surface area contributed by atoms with Gasteiger partial charge in [0.25, 0.3) is 0 Å². The fourth-order valence-corrected chi connectivity index (χ4v) is 0.898. The molecule has 0 fully saturated rings. The molecule has 1 aromatic rings. The Morgan fingerprint density at radius 3 is 2.58 bits per heavy atom. The summed E-state index contributed by atoms with van der Waals surface area (Å²) in [7, 11) is 0. The van der Waals surface area contributed by atoms with E-state index in [4.69, 9.17) is 0 Å². The van der Waals surface area contributed by atoms with Gasteiger partial charge in [0.1, 0.15) is 17.2 Å². The van der Waals surface area contributed by atoms with Crippen molar-refractivity contribution in [3.8, 4) is 5.75 Å². The van der Waals surface area contributed by atoms with Crippen LogP contribution in [0.5, 0.6) is 5.75 Å². The van der Waals surface area contributed by atoms with E-state index in [9.17, 15) is 17.5 Å². The maximum absolute atomic E-state index is 12.6. The zero-order valence-electron chi connectivity index (χ0n) is 5.62. The first kappa shape index (κ1) is 9.08. The van der Waals surface area contributed by atoms with Crippen molar-refractivity contribution < 1.29 is 21.7 Å². The second-order valence-corrected chi connectivity index (χ2v) is 2.44. The Kier molecular flexibility index (Phi) is 2.72. The van der Waals surface area contributed by atoms with Crippen molar-refractivity contribution in [2.45, 2.75) is 0 Å². The third-order valence-corrected chi connectivity index (χ3v) is 1.37. The van der Waals surface area contributed by atoms with Crippen molar-refractivity contribution in [1.29, 1.82) is 0 Å². The van der Waals surface area contributed by atoms with E-state index in [0.717, 1.165) is 12.1 Å². The molecule has 12 heavy (non-hydrogen) atoms. The zero-order valence-corrected chi connectivity index (χ0v) is 6.44. The average molecular weight is 193 g/mol. The van der Waals surface area contributed by atoms with Gasteiger partial charge in [-0.05, 0) is 12.1 Å². The smallest absolute Gasteiger partial charge is 0.175 e. The summed E-state index contributed by atoms with van der Waals surface area (Å²) in [5.41, 5.74) is 0. The first-order valence-corrected chi connectivity index (χ1v) is 3.82. The molecule has 0 spiro atoms. The molecule has 0 amide bonds. The molecule has 0 saturated heterocycles. The topological polar surface area (TPSA) is 49.4 Å². The summed E-state index contributed by atoms with van der Waals surface area (Å²) >= 11 is -2.85. The lowest BCUT2D eigenvalue weighted by atomic mass is 10.3. The highest BCUT2D eigenvalue weighted by molar-refractivity contribution is 7.74. The van der Waals surface area contributed by atoms with E-state index in [1.54, 1.807) is 0 Å². The lowest BCUT2D eigenvalue weighted by molar-refractivity contribution is 0.423. The minimum absolute atomic E-state index is 0.523. The fraction of sp³-hybridized carbons (Fsp3) is 0. The Balaban J connectivity index is 2.93. The normalized spacial score (nSPS) is 12.6. The van der Waals surface area contributed by atoms with Crippen LogP contribution in [0.2, 0.25) is 0 Å². The molecule has 0 aromatic heterocycles. The van der Waals surface area contributed by atoms with E-state index in [1.807, 2.05) is 0 Å². The van der Waals surface area contributed by atoms with Gasteiger partial charge in [-0.25, -0.2) is 13.0 Å². The summed E-state index contributed by atoms with van der Waals surface area (Å²) < 4.78 is 48.6. The Bertz CT molecular complexity index is 316. The molecule has 1 rings (SSSR count). The average Bonchev–Trinajstić information content (AvgIpc) is 1.94. The van der Waals surface area contributed by atoms with E-state index >= 15 is 0 Å². The minimum atomic E-state index is -2.85. The van der Waals surface area contributed by atoms with Crippen molar-refractivity contribution in [3.63, 3.8) is 0 Å². The van der Waals surface area contributed by atoms with Crippen LogP contribution in [-0.4, -0.2) is 8.76 Å². The van der Waals surface area contributed by atoms with E-state index in [1.165, 1.54) is 0 Å². The van der Waals surface area contributed by atoms with Crippen LogP contribution in [0.25, 0.3) is 0 Å². The van der Waals surface area contributed by atoms with Crippen LogP contribution in [0, 0.1) is 11.6 Å². The Labute approximate surface area is 69.5 Å². The zero-order chi connectivity index (χ0) is 9.14. The maximum Gasteiger partial charge on any atom is 0.175 e. The molecule has 0 heterocycles. The molecule has 0 aliphatic heterocycles. The Hall–Kier alpha value is -1.01. The highest BCUT2D eigenvalue weighted by Gasteiger charge is 2.04. The highest BCUT2D eigenvalue weighted by atomic mass is 32.2. The standard InChI is InChI=1S/C6H4F2O3S/c7-4-1-2-6(5(8)3-4)11-12(9)10/h1-3H,(H,9,10)/p-1. The van der Waals surface area contributed by atoms with Crippen LogP contribution < -0.4 is 4.18 Å². The molecule has 0 aliphatic carbocycles. The molecular formula is C6H3F2O3S-. The van der Waals surface area contributed by atoms with Crippen LogP contribution >= 0.6 is 0 Å². The van der Waals surface area contributed by atoms with Crippen molar-refractivity contribution in [2.75, 3.05) is 0 Å². The van der Waals surface area contributed by atoms with Gasteiger partial charge in [-0.2, -0.15) is 0 Å². The number of hydrogen-bond donors (Lipinski definition) is 0. The molecular weight excluding hydrogens is 190 g/mol. The molecule has 1 atom stereocenters. The molecule has 0 N–H and O–H groups in total. The van der Waals surface area contributed by atoms with Crippen molar-refractivity contribution >= 4 is 11.4 Å². The summed E-state index contributed by atoms with van der Waals surface area (Å²) in [5.74, 6) is -2.37. The van der Waals surface area contributed by atoms with Crippen LogP contribution in [0.3, 0.4) is 0 Å². The van der Waals surface area contributed by atoms with Crippen LogP contribution in [0.15, 0.2) is 18.2 Å². The van der Waals surface area contributed by atoms with Gasteiger partial charge in [-0.1, -0.05) is 0 Å². The van der Waals surface area contributed by atoms with Crippen molar-refractivity contribution in [3.05, 3.63) is 29.8 Å². The summed E-state index contributed by atoms with van der Waals surface area (Å²) in [6.45, 7) is 0. The number of hydrogen-bond acceptors (Lipinski definition) is 3. The van der Waals surface area contributed by atoms with Crippen molar-refractivity contribution in [2.24, 2.45) is 0 Å². The number of rotatable bonds is 2. The summed E-state index contributed by atoms with van der Waals surface area (Å²) in [5, 5.41) is 0. The predicted molar refractivity (Wildman–Crippen MR) is 35.9 cm³/mol. The molecule has 1 unspecified atom stereocenters. The fourth-order valence-electron chi connectivity index (χ4n) is 0.616. The molecule has 0 bridgehead atoms. The van der Waals surface area contributed by atoms with Gasteiger partial charge in [-0.15, -0.1) is 0 Å². The van der Waals surface area contributed by atoms with Crippen molar-refractivity contribution in [1.82, 2.24) is 0 Å². The van der Waals surface area contributed by atoms with Crippen LogP contribution in [0.1, 0.15) is 0 Å². The second kappa shape index (κ2) is 3.59. The van der Waals surface area contributed by atoms with E-state index in [-0.39, 0.29) is 0 Å². The Morgan fingerprint density at radius 2 is 2.08 bits per heavy atom. The SMILES string of the molecule is O=S([O-])Oc1ccc(F)cc1F. The van der Waals surface area contributed by atoms with E-state index < -0.39 is 28.7 Å². The monoisotopic (exact) mass is 193 g/mol. The highest BCUT2D eigenvalue weighted by Crippen LogP contribution is 2.17. The molecule has 0 saturated carbocycles. The third-order valence-electron chi connectivity index (χ3n) is 1.05. The lowest BCUT2D eigenvalue weighted by Crippen LogP contribution is -1.99. The predicted octanol–water partition coefficient (Wildman–Crippen LogP) is 1.14. The summed E-state index contributed by atoms with van der Waals surface area (Å²) in [6, 6.07) is 2.31. The van der Waals surface area contributed by atoms with Gasteiger partial charge >= 0.3 is 0 Å². The number of halogens is 2. The van der Waals surface area contributed by atoms with Gasteiger partial charge in [-0.3, -0.25) is 0 Å². The molecule has 0 aliphatic rings. The third kappa shape index (κ3) is 2.24. The van der Waals surface area contributed by atoms with E-state index in [2.05, 4.69) is 4.18 Å². The quantitative estimate of drug-likeness (QED) is 0.661. The first-order valence-electron chi connectivity index (χ1n) is 2.82. The molecule has 66 valence electrons. The second-order valence-electron chi connectivity index (χ2n) is 1.86. The first-order chi connectivity index (χ1) is 5.59. The van der Waals surface area contributed by atoms with Gasteiger partial charge in [0, 0.05) is 6.07 Å². The molecule has 0 radical (unpaired) electrons. The van der Waals surface area contributed by atoms with Gasteiger partial charge in [0.15, 0.2) is 11.6 Å². The van der Waals surface area contributed by atoms with Crippen LogP contribution in [0.4, 0.5) is 8.78 Å². The largest absolute Gasteiger partial charge is 0.740 e. The molecule has 6 heteroatoms. The lowest BCUT2D eigenvalue weighted by Gasteiger charge is -2.06. The van der Waals surface area contributed by atoms with E-state index in [0.29, 0.717) is 6.07 Å². The Morgan fingerprint density at radius 1 is 1.42 bits per heavy atom. The maximum atomic E-state index is 12.6. The summed E-state index contributed by atoms with van der Waals surface area (Å²) in [4.78, 5) is 0. The van der Waals surface area contributed by atoms with Gasteiger partial charge < -0.3 is 8.74 Å². The molecule has 3 nitrogen and oxygen atoms in total. The van der Waals surface area contributed by atoms with Gasteiger partial charge in [0.2, 0.25) is 0 Å².